The summed E-state index contributed by atoms with van der Waals surface area (Å²) in [5.41, 5.74) is 6.52. The molecule has 1 aromatic heterocycles. The van der Waals surface area contributed by atoms with Crippen LogP contribution in [0, 0.1) is 11.7 Å². The van der Waals surface area contributed by atoms with Gasteiger partial charge in [-0.25, -0.2) is 4.39 Å². The molecule has 3 rings (SSSR count). The van der Waals surface area contributed by atoms with Crippen molar-refractivity contribution in [2.24, 2.45) is 11.7 Å². The van der Waals surface area contributed by atoms with Crippen molar-refractivity contribution in [1.29, 1.82) is 0 Å². The van der Waals surface area contributed by atoms with Gasteiger partial charge in [-0.15, -0.1) is 5.10 Å². The molecule has 1 aliphatic rings. The predicted molar refractivity (Wildman–Crippen MR) is 74.4 cm³/mol. The maximum atomic E-state index is 12.9. The minimum absolute atomic E-state index is 0.140. The first-order valence-corrected chi connectivity index (χ1v) is 6.85. The van der Waals surface area contributed by atoms with Crippen LogP contribution in [0.15, 0.2) is 30.5 Å². The number of aromatic nitrogens is 3. The molecule has 2 heterocycles. The van der Waals surface area contributed by atoms with E-state index in [1.165, 1.54) is 23.1 Å². The van der Waals surface area contributed by atoms with Crippen molar-refractivity contribution in [3.8, 4) is 5.69 Å². The van der Waals surface area contributed by atoms with Gasteiger partial charge in [0.05, 0.1) is 11.9 Å². The number of halogens is 1. The van der Waals surface area contributed by atoms with Crippen molar-refractivity contribution in [1.82, 2.24) is 19.9 Å². The molecule has 2 N–H and O–H groups in total. The molecule has 2 aromatic rings. The lowest BCUT2D eigenvalue weighted by atomic mass is 10.1. The first-order valence-electron chi connectivity index (χ1n) is 6.85. The number of amides is 1. The molecule has 6 nitrogen and oxygen atoms in total. The molecule has 1 amide bonds. The Bertz CT molecular complexity index is 639. The van der Waals surface area contributed by atoms with Crippen molar-refractivity contribution >= 4 is 5.91 Å². The molecule has 7 heteroatoms. The Kier molecular flexibility index (Phi) is 3.66. The van der Waals surface area contributed by atoms with Crippen molar-refractivity contribution in [3.63, 3.8) is 0 Å². The van der Waals surface area contributed by atoms with Gasteiger partial charge in [-0.1, -0.05) is 0 Å². The lowest BCUT2D eigenvalue weighted by molar-refractivity contribution is 0.0781. The third-order valence-electron chi connectivity index (χ3n) is 3.67. The van der Waals surface area contributed by atoms with Crippen LogP contribution in [0.25, 0.3) is 5.69 Å². The second-order valence-electron chi connectivity index (χ2n) is 5.14. The number of likely N-dealkylation sites (tertiary alicyclic amines) is 1. The first-order chi connectivity index (χ1) is 10.2. The number of carbonyl (C=O) groups excluding carboxylic acids is 1. The highest BCUT2D eigenvalue weighted by atomic mass is 19.1. The summed E-state index contributed by atoms with van der Waals surface area (Å²) in [4.78, 5) is 15.4. The molecule has 21 heavy (non-hydrogen) atoms. The molecule has 0 radical (unpaired) electrons. The number of nitrogens with zero attached hydrogens (tertiary/aromatic N) is 4. The van der Waals surface area contributed by atoms with E-state index in [0.29, 0.717) is 31.2 Å². The van der Waals surface area contributed by atoms with Gasteiger partial charge in [0.15, 0.2) is 5.69 Å². The van der Waals surface area contributed by atoms with Gasteiger partial charge in [0.25, 0.3) is 5.91 Å². The van der Waals surface area contributed by atoms with E-state index in [2.05, 4.69) is 10.2 Å². The second-order valence-corrected chi connectivity index (χ2v) is 5.14. The summed E-state index contributed by atoms with van der Waals surface area (Å²) in [5.74, 6) is -0.104. The zero-order valence-electron chi connectivity index (χ0n) is 11.4. The predicted octanol–water partition coefficient (Wildman–Crippen LogP) is 0.827. The Balaban J connectivity index is 1.75. The molecule has 110 valence electrons. The SMILES string of the molecule is NC[C@@H]1CCN(C(=O)c2cnn(-c3ccc(F)cc3)n2)C1. The van der Waals surface area contributed by atoms with Crippen molar-refractivity contribution in [2.45, 2.75) is 6.42 Å². The maximum absolute atomic E-state index is 12.9. The summed E-state index contributed by atoms with van der Waals surface area (Å²) < 4.78 is 12.9. The van der Waals surface area contributed by atoms with Crippen LogP contribution in [0.3, 0.4) is 0 Å². The van der Waals surface area contributed by atoms with Crippen LogP contribution < -0.4 is 5.73 Å². The summed E-state index contributed by atoms with van der Waals surface area (Å²) in [6.07, 6.45) is 2.36. The molecule has 0 saturated carbocycles. The number of nitrogens with two attached hydrogens (primary N) is 1. The normalized spacial score (nSPS) is 18.2. The molecule has 0 aliphatic carbocycles. The van der Waals surface area contributed by atoms with Gasteiger partial charge in [0.1, 0.15) is 5.82 Å². The smallest absolute Gasteiger partial charge is 0.276 e. The van der Waals surface area contributed by atoms with Crippen LogP contribution in [0.2, 0.25) is 0 Å². The Hall–Kier alpha value is -2.28. The zero-order chi connectivity index (χ0) is 14.8. The van der Waals surface area contributed by atoms with E-state index < -0.39 is 0 Å². The van der Waals surface area contributed by atoms with Crippen LogP contribution in [0.1, 0.15) is 16.9 Å². The van der Waals surface area contributed by atoms with Crippen LogP contribution in [-0.2, 0) is 0 Å². The van der Waals surface area contributed by atoms with Crippen LogP contribution in [0.5, 0.6) is 0 Å². The quantitative estimate of drug-likeness (QED) is 0.908. The van der Waals surface area contributed by atoms with E-state index >= 15 is 0 Å². The van der Waals surface area contributed by atoms with Crippen LogP contribution in [-0.4, -0.2) is 45.4 Å². The van der Waals surface area contributed by atoms with Gasteiger partial charge in [-0.2, -0.15) is 9.90 Å². The van der Waals surface area contributed by atoms with Gasteiger partial charge < -0.3 is 10.6 Å². The van der Waals surface area contributed by atoms with Gasteiger partial charge in [-0.05, 0) is 43.1 Å². The van der Waals surface area contributed by atoms with Crippen molar-refractivity contribution < 1.29 is 9.18 Å². The molecule has 1 aliphatic heterocycles. The lowest BCUT2D eigenvalue weighted by Gasteiger charge is -2.14. The van der Waals surface area contributed by atoms with Gasteiger partial charge in [-0.3, -0.25) is 4.79 Å². The summed E-state index contributed by atoms with van der Waals surface area (Å²) in [6.45, 7) is 1.95. The fourth-order valence-corrected chi connectivity index (χ4v) is 2.43. The number of benzene rings is 1. The van der Waals surface area contributed by atoms with E-state index in [9.17, 15) is 9.18 Å². The Morgan fingerprint density at radius 1 is 1.38 bits per heavy atom. The highest BCUT2D eigenvalue weighted by Crippen LogP contribution is 2.17. The van der Waals surface area contributed by atoms with Gasteiger partial charge in [0.2, 0.25) is 0 Å². The molecule has 0 unspecified atom stereocenters. The molecule has 1 fully saturated rings. The minimum atomic E-state index is -0.327. The fourth-order valence-electron chi connectivity index (χ4n) is 2.43. The summed E-state index contributed by atoms with van der Waals surface area (Å²) in [7, 11) is 0. The van der Waals surface area contributed by atoms with E-state index in [1.54, 1.807) is 17.0 Å². The molecular weight excluding hydrogens is 273 g/mol. The monoisotopic (exact) mass is 289 g/mol. The van der Waals surface area contributed by atoms with Crippen molar-refractivity contribution in [2.75, 3.05) is 19.6 Å². The highest BCUT2D eigenvalue weighted by Gasteiger charge is 2.27. The molecule has 1 aromatic carbocycles. The van der Waals surface area contributed by atoms with E-state index in [4.69, 9.17) is 5.73 Å². The van der Waals surface area contributed by atoms with Crippen molar-refractivity contribution in [3.05, 3.63) is 42.0 Å². The topological polar surface area (TPSA) is 77.0 Å². The largest absolute Gasteiger partial charge is 0.337 e. The maximum Gasteiger partial charge on any atom is 0.276 e. The number of rotatable bonds is 3. The minimum Gasteiger partial charge on any atom is -0.337 e. The average molecular weight is 289 g/mol. The van der Waals surface area contributed by atoms with E-state index in [1.807, 2.05) is 0 Å². The Morgan fingerprint density at radius 2 is 2.14 bits per heavy atom. The average Bonchev–Trinajstić information content (AvgIpc) is 3.16. The van der Waals surface area contributed by atoms with Crippen LogP contribution >= 0.6 is 0 Å². The summed E-state index contributed by atoms with van der Waals surface area (Å²) >= 11 is 0. The molecule has 0 spiro atoms. The molecular formula is C14H16FN5O. The number of hydrogen-bond donors (Lipinski definition) is 1. The Morgan fingerprint density at radius 3 is 2.81 bits per heavy atom. The Labute approximate surface area is 121 Å². The third-order valence-corrected chi connectivity index (χ3v) is 3.67. The van der Waals surface area contributed by atoms with E-state index in [-0.39, 0.29) is 17.4 Å². The number of carbonyl (C=O) groups is 1. The zero-order valence-corrected chi connectivity index (χ0v) is 11.4. The number of hydrogen-bond acceptors (Lipinski definition) is 4. The third kappa shape index (κ3) is 2.78. The van der Waals surface area contributed by atoms with Gasteiger partial charge >= 0.3 is 0 Å². The first kappa shape index (κ1) is 13.7. The molecule has 1 saturated heterocycles. The highest BCUT2D eigenvalue weighted by molar-refractivity contribution is 5.92. The molecule has 1 atom stereocenters. The second kappa shape index (κ2) is 5.61. The fraction of sp³-hybridized carbons (Fsp3) is 0.357. The lowest BCUT2D eigenvalue weighted by Crippen LogP contribution is -2.30. The standard InChI is InChI=1S/C14H16FN5O/c15-11-1-3-12(4-2-11)20-17-8-13(18-20)14(21)19-6-5-10(7-16)9-19/h1-4,8,10H,5-7,9,16H2/t10-/m0/s1. The summed E-state index contributed by atoms with van der Waals surface area (Å²) in [5, 5.41) is 8.22. The van der Waals surface area contributed by atoms with E-state index in [0.717, 1.165) is 6.42 Å². The summed E-state index contributed by atoms with van der Waals surface area (Å²) in [6, 6.07) is 5.77. The van der Waals surface area contributed by atoms with Gasteiger partial charge in [0, 0.05) is 13.1 Å². The molecule has 0 bridgehead atoms. The van der Waals surface area contributed by atoms with Crippen LogP contribution in [0.4, 0.5) is 4.39 Å².